The molecule has 2 aromatic rings. The Morgan fingerprint density at radius 2 is 2.08 bits per heavy atom. The van der Waals surface area contributed by atoms with Crippen LogP contribution < -0.4 is 0 Å². The summed E-state index contributed by atoms with van der Waals surface area (Å²) in [6, 6.07) is 5.95. The molecule has 0 amide bonds. The van der Waals surface area contributed by atoms with Crippen molar-refractivity contribution in [2.75, 3.05) is 0 Å². The van der Waals surface area contributed by atoms with Crippen LogP contribution in [0.15, 0.2) is 23.6 Å². The standard InChI is InChI=1S/C11H11FS/c1-7(2)8-3-4-9-10(12)6-13-11(9)5-8/h3-7H,1-2H3. The molecule has 0 saturated heterocycles. The van der Waals surface area contributed by atoms with Crippen LogP contribution in [0.5, 0.6) is 0 Å². The molecule has 1 heterocycles. The van der Waals surface area contributed by atoms with E-state index in [1.165, 1.54) is 16.9 Å². The smallest absolute Gasteiger partial charge is 0.141 e. The summed E-state index contributed by atoms with van der Waals surface area (Å²) in [4.78, 5) is 0. The van der Waals surface area contributed by atoms with Gasteiger partial charge in [-0.3, -0.25) is 0 Å². The largest absolute Gasteiger partial charge is 0.205 e. The first-order valence-corrected chi connectivity index (χ1v) is 5.23. The Morgan fingerprint density at radius 1 is 1.31 bits per heavy atom. The van der Waals surface area contributed by atoms with Crippen LogP contribution in [-0.2, 0) is 0 Å². The maximum atomic E-state index is 13.1. The van der Waals surface area contributed by atoms with E-state index in [0.717, 1.165) is 10.1 Å². The topological polar surface area (TPSA) is 0 Å². The van der Waals surface area contributed by atoms with Crippen LogP contribution in [0.2, 0.25) is 0 Å². The fourth-order valence-electron chi connectivity index (χ4n) is 1.37. The second-order valence-electron chi connectivity index (χ2n) is 3.49. The van der Waals surface area contributed by atoms with Crippen molar-refractivity contribution in [3.05, 3.63) is 35.0 Å². The average Bonchev–Trinajstić information content (AvgIpc) is 2.47. The van der Waals surface area contributed by atoms with E-state index < -0.39 is 0 Å². The molecule has 0 spiro atoms. The lowest BCUT2D eigenvalue weighted by molar-refractivity contribution is 0.644. The summed E-state index contributed by atoms with van der Waals surface area (Å²) in [6.07, 6.45) is 0. The highest BCUT2D eigenvalue weighted by Crippen LogP contribution is 2.27. The van der Waals surface area contributed by atoms with Crippen molar-refractivity contribution in [1.29, 1.82) is 0 Å². The van der Waals surface area contributed by atoms with Crippen LogP contribution in [0.1, 0.15) is 25.3 Å². The van der Waals surface area contributed by atoms with Gasteiger partial charge in [-0.2, -0.15) is 0 Å². The van der Waals surface area contributed by atoms with Crippen molar-refractivity contribution in [2.45, 2.75) is 19.8 Å². The summed E-state index contributed by atoms with van der Waals surface area (Å²) in [5, 5.41) is 2.31. The molecule has 13 heavy (non-hydrogen) atoms. The fraction of sp³-hybridized carbons (Fsp3) is 0.273. The molecule has 0 atom stereocenters. The van der Waals surface area contributed by atoms with Gasteiger partial charge in [-0.25, -0.2) is 4.39 Å². The Hall–Kier alpha value is -0.890. The number of thiophene rings is 1. The SMILES string of the molecule is CC(C)c1ccc2c(F)csc2c1. The van der Waals surface area contributed by atoms with Crippen molar-refractivity contribution in [3.8, 4) is 0 Å². The van der Waals surface area contributed by atoms with Crippen LogP contribution in [0.4, 0.5) is 4.39 Å². The predicted molar refractivity (Wildman–Crippen MR) is 55.9 cm³/mol. The summed E-state index contributed by atoms with van der Waals surface area (Å²) in [5.74, 6) is 0.407. The van der Waals surface area contributed by atoms with Crippen molar-refractivity contribution < 1.29 is 4.39 Å². The van der Waals surface area contributed by atoms with Crippen LogP contribution in [0.25, 0.3) is 10.1 Å². The predicted octanol–water partition coefficient (Wildman–Crippen LogP) is 4.16. The lowest BCUT2D eigenvalue weighted by Gasteiger charge is -2.03. The van der Waals surface area contributed by atoms with Gasteiger partial charge in [-0.05, 0) is 17.5 Å². The lowest BCUT2D eigenvalue weighted by Crippen LogP contribution is -1.85. The Bertz CT molecular complexity index is 429. The van der Waals surface area contributed by atoms with Gasteiger partial charge in [-0.15, -0.1) is 11.3 Å². The minimum Gasteiger partial charge on any atom is -0.205 e. The van der Waals surface area contributed by atoms with Gasteiger partial charge in [0.1, 0.15) is 5.82 Å². The van der Waals surface area contributed by atoms with Gasteiger partial charge in [0.25, 0.3) is 0 Å². The summed E-state index contributed by atoms with van der Waals surface area (Å²) in [6.45, 7) is 4.29. The van der Waals surface area contributed by atoms with Gasteiger partial charge >= 0.3 is 0 Å². The van der Waals surface area contributed by atoms with Crippen LogP contribution in [-0.4, -0.2) is 0 Å². The summed E-state index contributed by atoms with van der Waals surface area (Å²) in [5.41, 5.74) is 1.27. The number of rotatable bonds is 1. The highest BCUT2D eigenvalue weighted by Gasteiger charge is 2.05. The average molecular weight is 194 g/mol. The molecule has 0 saturated carbocycles. The molecule has 0 unspecified atom stereocenters. The fourth-order valence-corrected chi connectivity index (χ4v) is 2.23. The van der Waals surface area contributed by atoms with E-state index in [2.05, 4.69) is 19.9 Å². The second kappa shape index (κ2) is 3.11. The summed E-state index contributed by atoms with van der Waals surface area (Å²) in [7, 11) is 0. The van der Waals surface area contributed by atoms with E-state index in [0.29, 0.717) is 5.92 Å². The Balaban J connectivity index is 2.63. The molecule has 2 heteroatoms. The molecule has 0 bridgehead atoms. The zero-order chi connectivity index (χ0) is 9.42. The van der Waals surface area contributed by atoms with E-state index in [-0.39, 0.29) is 5.82 Å². The Labute approximate surface area is 81.0 Å². The van der Waals surface area contributed by atoms with E-state index in [4.69, 9.17) is 0 Å². The van der Waals surface area contributed by atoms with Crippen LogP contribution in [0, 0.1) is 5.82 Å². The van der Waals surface area contributed by atoms with Crippen LogP contribution in [0.3, 0.4) is 0 Å². The molecular formula is C11H11FS. The zero-order valence-electron chi connectivity index (χ0n) is 7.67. The Kier molecular flexibility index (Phi) is 2.08. The molecule has 0 aliphatic carbocycles. The molecular weight excluding hydrogens is 183 g/mol. The van der Waals surface area contributed by atoms with Gasteiger partial charge in [0, 0.05) is 15.5 Å². The number of hydrogen-bond donors (Lipinski definition) is 0. The Morgan fingerprint density at radius 3 is 2.77 bits per heavy atom. The first-order chi connectivity index (χ1) is 6.18. The first kappa shape index (κ1) is 8.70. The molecule has 0 nitrogen and oxygen atoms in total. The van der Waals surface area contributed by atoms with E-state index >= 15 is 0 Å². The zero-order valence-corrected chi connectivity index (χ0v) is 8.49. The van der Waals surface area contributed by atoms with Crippen molar-refractivity contribution in [3.63, 3.8) is 0 Å². The normalized spacial score (nSPS) is 11.4. The van der Waals surface area contributed by atoms with Crippen molar-refractivity contribution in [2.24, 2.45) is 0 Å². The maximum Gasteiger partial charge on any atom is 0.141 e. The minimum atomic E-state index is -0.102. The summed E-state index contributed by atoms with van der Waals surface area (Å²) < 4.78 is 14.1. The van der Waals surface area contributed by atoms with E-state index in [9.17, 15) is 4.39 Å². The van der Waals surface area contributed by atoms with Crippen molar-refractivity contribution in [1.82, 2.24) is 0 Å². The van der Waals surface area contributed by atoms with E-state index in [1.54, 1.807) is 5.38 Å². The van der Waals surface area contributed by atoms with Crippen molar-refractivity contribution >= 4 is 21.4 Å². The molecule has 0 aliphatic heterocycles. The molecule has 0 aliphatic rings. The maximum absolute atomic E-state index is 13.1. The van der Waals surface area contributed by atoms with E-state index in [1.807, 2.05) is 12.1 Å². The molecule has 1 aromatic heterocycles. The van der Waals surface area contributed by atoms with Gasteiger partial charge in [0.15, 0.2) is 0 Å². The number of benzene rings is 1. The van der Waals surface area contributed by atoms with Gasteiger partial charge in [0.2, 0.25) is 0 Å². The minimum absolute atomic E-state index is 0.102. The van der Waals surface area contributed by atoms with Gasteiger partial charge in [-0.1, -0.05) is 26.0 Å². The first-order valence-electron chi connectivity index (χ1n) is 4.35. The highest BCUT2D eigenvalue weighted by atomic mass is 32.1. The molecule has 68 valence electrons. The van der Waals surface area contributed by atoms with Crippen LogP contribution >= 0.6 is 11.3 Å². The van der Waals surface area contributed by atoms with Gasteiger partial charge < -0.3 is 0 Å². The number of hydrogen-bond acceptors (Lipinski definition) is 1. The third-order valence-corrected chi connectivity index (χ3v) is 3.14. The summed E-state index contributed by atoms with van der Waals surface area (Å²) >= 11 is 1.47. The quantitative estimate of drug-likeness (QED) is 0.639. The molecule has 0 N–H and O–H groups in total. The molecule has 0 fully saturated rings. The number of halogens is 1. The third-order valence-electron chi connectivity index (χ3n) is 2.22. The second-order valence-corrected chi connectivity index (χ2v) is 4.41. The molecule has 2 rings (SSSR count). The molecule has 0 radical (unpaired) electrons. The third kappa shape index (κ3) is 1.46. The highest BCUT2D eigenvalue weighted by molar-refractivity contribution is 7.17. The lowest BCUT2D eigenvalue weighted by atomic mass is 10.0. The monoisotopic (exact) mass is 194 g/mol. The molecule has 1 aromatic carbocycles. The number of fused-ring (bicyclic) bond motifs is 1. The van der Waals surface area contributed by atoms with Gasteiger partial charge in [0.05, 0.1) is 0 Å².